The predicted molar refractivity (Wildman–Crippen MR) is 66.4 cm³/mol. The fourth-order valence-electron chi connectivity index (χ4n) is 1.93. The molecule has 0 aliphatic heterocycles. The number of halogens is 5. The normalized spacial score (nSPS) is 25.2. The number of hydrogen-bond acceptors (Lipinski definition) is 2. The van der Waals surface area contributed by atoms with E-state index in [1.165, 1.54) is 0 Å². The van der Waals surface area contributed by atoms with Crippen LogP contribution in [0, 0.1) is 0 Å². The van der Waals surface area contributed by atoms with Crippen molar-refractivity contribution < 1.29 is 34.1 Å². The van der Waals surface area contributed by atoms with Crippen LogP contribution >= 0.6 is 10.2 Å². The summed E-state index contributed by atoms with van der Waals surface area (Å²) in [6.07, 6.45) is -1.17. The molecule has 4 nitrogen and oxygen atoms in total. The topological polar surface area (TPSA) is 58.6 Å². The van der Waals surface area contributed by atoms with Crippen molar-refractivity contribution >= 4 is 16.3 Å². The zero-order chi connectivity index (χ0) is 16.0. The lowest BCUT2D eigenvalue weighted by Gasteiger charge is -2.41. The van der Waals surface area contributed by atoms with Gasteiger partial charge in [0.25, 0.3) is 0 Å². The highest BCUT2D eigenvalue weighted by molar-refractivity contribution is 8.45. The van der Waals surface area contributed by atoms with Gasteiger partial charge in [0.15, 0.2) is 0 Å². The van der Waals surface area contributed by atoms with Crippen molar-refractivity contribution in [2.75, 3.05) is 0 Å². The van der Waals surface area contributed by atoms with E-state index in [1.54, 1.807) is 0 Å². The Morgan fingerprint density at radius 2 is 1.86 bits per heavy atom. The Kier molecular flexibility index (Phi) is 3.10. The van der Waals surface area contributed by atoms with E-state index in [-0.39, 0.29) is 30.7 Å². The molecule has 0 bridgehead atoms. The Labute approximate surface area is 116 Å². The first-order chi connectivity index (χ1) is 9.33. The minimum atomic E-state index is -9.72. The molecule has 0 atom stereocenters. The molecule has 2 rings (SSSR count). The van der Waals surface area contributed by atoms with Crippen molar-refractivity contribution in [3.8, 4) is 5.75 Å². The molecule has 0 aromatic heterocycles. The highest BCUT2D eigenvalue weighted by Gasteiger charge is 2.65. The lowest BCUT2D eigenvalue weighted by atomic mass is 9.89. The molecule has 10 heteroatoms. The summed E-state index contributed by atoms with van der Waals surface area (Å²) in [6, 6.07) is 2.20. The van der Waals surface area contributed by atoms with Crippen LogP contribution in [0.2, 0.25) is 0 Å². The summed E-state index contributed by atoms with van der Waals surface area (Å²) < 4.78 is 68.3. The molecular weight excluding hydrogens is 321 g/mol. The van der Waals surface area contributed by atoms with Gasteiger partial charge in [-0.2, -0.15) is 0 Å². The van der Waals surface area contributed by atoms with E-state index in [9.17, 15) is 24.2 Å². The molecule has 0 unspecified atom stereocenters. The predicted octanol–water partition coefficient (Wildman–Crippen LogP) is 4.52. The van der Waals surface area contributed by atoms with Gasteiger partial charge < -0.3 is 15.2 Å². The largest absolute Gasteiger partial charge is 0.490 e. The molecule has 0 heterocycles. The molecule has 1 aliphatic rings. The zero-order valence-corrected chi connectivity index (χ0v) is 11.3. The maximum absolute atomic E-state index is 12.6. The number of nitrogens with one attached hydrogen (secondary N) is 1. The van der Waals surface area contributed by atoms with Gasteiger partial charge in [-0.25, -0.2) is 4.79 Å². The summed E-state index contributed by atoms with van der Waals surface area (Å²) in [5, 5.41) is 10.6. The minimum Gasteiger partial charge on any atom is -0.490 e. The molecule has 1 aromatic rings. The van der Waals surface area contributed by atoms with Gasteiger partial charge in [-0.05, 0) is 12.1 Å². The minimum absolute atomic E-state index is 0.263. The third kappa shape index (κ3) is 4.13. The average molecular weight is 333 g/mol. The number of carboxylic acid groups (broad SMARTS) is 1. The fraction of sp³-hybridized carbons (Fsp3) is 0.364. The first kappa shape index (κ1) is 15.7. The van der Waals surface area contributed by atoms with Crippen LogP contribution in [0.25, 0.3) is 0 Å². The van der Waals surface area contributed by atoms with Gasteiger partial charge in [-0.1, -0.05) is 25.5 Å². The quantitative estimate of drug-likeness (QED) is 0.797. The Morgan fingerprint density at radius 1 is 1.24 bits per heavy atom. The molecule has 1 saturated carbocycles. The molecule has 120 valence electrons. The molecular formula is C11H12F5NO3S. The Balaban J connectivity index is 2.03. The molecule has 1 fully saturated rings. The van der Waals surface area contributed by atoms with Gasteiger partial charge in [0, 0.05) is 24.9 Å². The third-order valence-corrected chi connectivity index (χ3v) is 4.12. The van der Waals surface area contributed by atoms with Crippen molar-refractivity contribution in [1.82, 2.24) is 5.32 Å². The number of benzene rings is 1. The lowest BCUT2D eigenvalue weighted by Crippen LogP contribution is -2.48. The Bertz CT molecular complexity index is 570. The molecule has 21 heavy (non-hydrogen) atoms. The monoisotopic (exact) mass is 333 g/mol. The maximum Gasteiger partial charge on any atom is 0.404 e. The van der Waals surface area contributed by atoms with Crippen molar-refractivity contribution in [3.63, 3.8) is 0 Å². The molecule has 0 radical (unpaired) electrons. The standard InChI is InChI=1S/C11H12F5NO3S/c12-21(13,14,15,16)10-3-1-2-8(6-10)20-9-4-7(5-9)17-11(18)19/h1-3,6-7,9,17H,4-5H2,(H,18,19). The van der Waals surface area contributed by atoms with E-state index >= 15 is 0 Å². The van der Waals surface area contributed by atoms with Crippen LogP contribution in [0.1, 0.15) is 12.8 Å². The van der Waals surface area contributed by atoms with Crippen LogP contribution in [-0.4, -0.2) is 23.3 Å². The SMILES string of the molecule is O=C(O)NC1CC(Oc2cccc(S(F)(F)(F)(F)F)c2)C1. The number of ether oxygens (including phenoxy) is 1. The number of hydrogen-bond donors (Lipinski definition) is 2. The van der Waals surface area contributed by atoms with Crippen molar-refractivity contribution in [2.45, 2.75) is 29.9 Å². The van der Waals surface area contributed by atoms with Crippen molar-refractivity contribution in [1.29, 1.82) is 0 Å². The maximum atomic E-state index is 12.6. The summed E-state index contributed by atoms with van der Waals surface area (Å²) >= 11 is 0. The van der Waals surface area contributed by atoms with Crippen LogP contribution in [-0.2, 0) is 0 Å². The van der Waals surface area contributed by atoms with Crippen molar-refractivity contribution in [2.24, 2.45) is 0 Å². The summed E-state index contributed by atoms with van der Waals surface area (Å²) in [5.74, 6) is -0.320. The Hall–Kier alpha value is -1.71. The molecule has 0 saturated heterocycles. The van der Waals surface area contributed by atoms with Gasteiger partial charge >= 0.3 is 16.3 Å². The first-order valence-corrected chi connectivity index (χ1v) is 7.79. The highest BCUT2D eigenvalue weighted by Crippen LogP contribution is 3.02. The van der Waals surface area contributed by atoms with E-state index in [0.29, 0.717) is 6.07 Å². The van der Waals surface area contributed by atoms with Crippen LogP contribution in [0.5, 0.6) is 5.75 Å². The fourth-order valence-corrected chi connectivity index (χ4v) is 2.61. The van der Waals surface area contributed by atoms with Gasteiger partial charge in [0.2, 0.25) is 0 Å². The third-order valence-electron chi connectivity index (χ3n) is 2.98. The molecule has 1 amide bonds. The van der Waals surface area contributed by atoms with E-state index in [1.807, 2.05) is 0 Å². The first-order valence-electron chi connectivity index (χ1n) is 5.84. The number of amides is 1. The zero-order valence-electron chi connectivity index (χ0n) is 10.4. The van der Waals surface area contributed by atoms with Crippen LogP contribution in [0.3, 0.4) is 0 Å². The highest BCUT2D eigenvalue weighted by atomic mass is 32.5. The summed E-state index contributed by atoms with van der Waals surface area (Å²) in [5.41, 5.74) is 0. The van der Waals surface area contributed by atoms with Crippen molar-refractivity contribution in [3.05, 3.63) is 24.3 Å². The average Bonchev–Trinajstić information content (AvgIpc) is 2.23. The summed E-state index contributed by atoms with van der Waals surface area (Å²) in [7, 11) is -9.72. The van der Waals surface area contributed by atoms with E-state index < -0.39 is 27.3 Å². The summed E-state index contributed by atoms with van der Waals surface area (Å²) in [4.78, 5) is 8.33. The van der Waals surface area contributed by atoms with E-state index in [2.05, 4.69) is 5.32 Å². The molecule has 1 aromatic carbocycles. The van der Waals surface area contributed by atoms with E-state index in [0.717, 1.165) is 12.1 Å². The van der Waals surface area contributed by atoms with Crippen LogP contribution in [0.15, 0.2) is 29.2 Å². The Morgan fingerprint density at radius 3 is 2.38 bits per heavy atom. The van der Waals surface area contributed by atoms with Gasteiger partial charge in [0.05, 0.1) is 0 Å². The smallest absolute Gasteiger partial charge is 0.404 e. The van der Waals surface area contributed by atoms with Gasteiger partial charge in [-0.15, -0.1) is 0 Å². The van der Waals surface area contributed by atoms with Crippen LogP contribution < -0.4 is 10.1 Å². The lowest BCUT2D eigenvalue weighted by molar-refractivity contribution is 0.0830. The molecule has 1 aliphatic carbocycles. The van der Waals surface area contributed by atoms with Gasteiger partial charge in [0.1, 0.15) is 16.7 Å². The second-order valence-corrected chi connectivity index (χ2v) is 7.21. The van der Waals surface area contributed by atoms with Gasteiger partial charge in [-0.3, -0.25) is 0 Å². The van der Waals surface area contributed by atoms with Crippen LogP contribution in [0.4, 0.5) is 24.2 Å². The summed E-state index contributed by atoms with van der Waals surface area (Å²) in [6.45, 7) is 0. The number of rotatable bonds is 4. The second-order valence-electron chi connectivity index (χ2n) is 4.80. The molecule has 0 spiro atoms. The molecule has 2 N–H and O–H groups in total. The second kappa shape index (κ2) is 4.15. The van der Waals surface area contributed by atoms with E-state index in [4.69, 9.17) is 9.84 Å². The number of carbonyl (C=O) groups is 1.